The van der Waals surface area contributed by atoms with Crippen molar-refractivity contribution in [3.8, 4) is 0 Å². The zero-order valence-corrected chi connectivity index (χ0v) is 7.56. The zero-order chi connectivity index (χ0) is 9.14. The molecule has 0 aliphatic carbocycles. The van der Waals surface area contributed by atoms with E-state index in [1.165, 1.54) is 0 Å². The lowest BCUT2D eigenvalue weighted by Crippen LogP contribution is -2.13. The van der Waals surface area contributed by atoms with Gasteiger partial charge in [0.1, 0.15) is 0 Å². The first-order valence-corrected chi connectivity index (χ1v) is 4.00. The first kappa shape index (κ1) is 9.07. The molecule has 0 aliphatic rings. The number of nitrogens with two attached hydrogens (primary N) is 1. The summed E-state index contributed by atoms with van der Waals surface area (Å²) in [5.41, 5.74) is 6.92. The van der Waals surface area contributed by atoms with Gasteiger partial charge in [-0.15, -0.1) is 0 Å². The molecule has 0 heterocycles. The van der Waals surface area contributed by atoms with Crippen molar-refractivity contribution >= 4 is 17.5 Å². The predicted octanol–water partition coefficient (Wildman–Crippen LogP) is 1.68. The minimum atomic E-state index is -0.322. The molecule has 0 aliphatic heterocycles. The third-order valence-corrected chi connectivity index (χ3v) is 2.02. The SMILES string of the molecule is Cc1cc(CC(N)=O)ccc1Cl. The van der Waals surface area contributed by atoms with Gasteiger partial charge in [-0.2, -0.15) is 0 Å². The van der Waals surface area contributed by atoms with Gasteiger partial charge >= 0.3 is 0 Å². The maximum atomic E-state index is 10.6. The average Bonchev–Trinajstić information content (AvgIpc) is 1.96. The van der Waals surface area contributed by atoms with Gasteiger partial charge in [-0.3, -0.25) is 4.79 Å². The average molecular weight is 184 g/mol. The maximum Gasteiger partial charge on any atom is 0.221 e. The summed E-state index contributed by atoms with van der Waals surface area (Å²) in [6, 6.07) is 5.45. The van der Waals surface area contributed by atoms with Crippen LogP contribution in [-0.2, 0) is 11.2 Å². The van der Waals surface area contributed by atoms with Crippen LogP contribution in [0.2, 0.25) is 5.02 Å². The van der Waals surface area contributed by atoms with E-state index in [2.05, 4.69) is 0 Å². The summed E-state index contributed by atoms with van der Waals surface area (Å²) in [7, 11) is 0. The van der Waals surface area contributed by atoms with Gasteiger partial charge in [-0.25, -0.2) is 0 Å². The first-order valence-electron chi connectivity index (χ1n) is 3.63. The molecule has 2 nitrogen and oxygen atoms in total. The van der Waals surface area contributed by atoms with Crippen LogP contribution in [0.25, 0.3) is 0 Å². The summed E-state index contributed by atoms with van der Waals surface area (Å²) in [6.45, 7) is 1.90. The molecule has 2 N–H and O–H groups in total. The van der Waals surface area contributed by atoms with Crippen LogP contribution in [0.4, 0.5) is 0 Å². The van der Waals surface area contributed by atoms with E-state index in [9.17, 15) is 4.79 Å². The van der Waals surface area contributed by atoms with Gasteiger partial charge in [-0.1, -0.05) is 23.7 Å². The van der Waals surface area contributed by atoms with Crippen molar-refractivity contribution in [2.75, 3.05) is 0 Å². The molecule has 0 aromatic heterocycles. The number of rotatable bonds is 2. The summed E-state index contributed by atoms with van der Waals surface area (Å²) >= 11 is 5.80. The van der Waals surface area contributed by atoms with Gasteiger partial charge in [0.2, 0.25) is 5.91 Å². The van der Waals surface area contributed by atoms with Gasteiger partial charge in [-0.05, 0) is 24.1 Å². The van der Waals surface area contributed by atoms with E-state index in [-0.39, 0.29) is 12.3 Å². The van der Waals surface area contributed by atoms with E-state index in [4.69, 9.17) is 17.3 Å². The summed E-state index contributed by atoms with van der Waals surface area (Å²) in [5.74, 6) is -0.322. The Morgan fingerprint density at radius 3 is 2.75 bits per heavy atom. The van der Waals surface area contributed by atoms with Crippen LogP contribution in [0.1, 0.15) is 11.1 Å². The third kappa shape index (κ3) is 2.24. The second-order valence-corrected chi connectivity index (χ2v) is 3.13. The second-order valence-electron chi connectivity index (χ2n) is 2.73. The van der Waals surface area contributed by atoms with E-state index in [0.29, 0.717) is 5.02 Å². The molecule has 1 aromatic rings. The topological polar surface area (TPSA) is 43.1 Å². The Hall–Kier alpha value is -1.02. The van der Waals surface area contributed by atoms with Crippen molar-refractivity contribution in [2.45, 2.75) is 13.3 Å². The first-order chi connectivity index (χ1) is 5.59. The number of hydrogen-bond donors (Lipinski definition) is 1. The van der Waals surface area contributed by atoms with Gasteiger partial charge in [0, 0.05) is 5.02 Å². The minimum Gasteiger partial charge on any atom is -0.369 e. The predicted molar refractivity (Wildman–Crippen MR) is 49.1 cm³/mol. The summed E-state index contributed by atoms with van der Waals surface area (Å²) in [5, 5.41) is 0.711. The number of primary amides is 1. The van der Waals surface area contributed by atoms with E-state index in [1.807, 2.05) is 13.0 Å². The second kappa shape index (κ2) is 3.59. The lowest BCUT2D eigenvalue weighted by atomic mass is 10.1. The van der Waals surface area contributed by atoms with Crippen molar-refractivity contribution in [3.63, 3.8) is 0 Å². The molecule has 12 heavy (non-hydrogen) atoms. The van der Waals surface area contributed by atoms with Crippen LogP contribution in [0.15, 0.2) is 18.2 Å². The number of aryl methyl sites for hydroxylation is 1. The van der Waals surface area contributed by atoms with Crippen LogP contribution in [0.5, 0.6) is 0 Å². The third-order valence-electron chi connectivity index (χ3n) is 1.60. The molecule has 0 fully saturated rings. The number of carbonyl (C=O) groups excluding carboxylic acids is 1. The fraction of sp³-hybridized carbons (Fsp3) is 0.222. The number of halogens is 1. The standard InChI is InChI=1S/C9H10ClNO/c1-6-4-7(5-9(11)12)2-3-8(6)10/h2-4H,5H2,1H3,(H2,11,12). The molecule has 64 valence electrons. The molecule has 0 spiro atoms. The van der Waals surface area contributed by atoms with Crippen molar-refractivity contribution in [2.24, 2.45) is 5.73 Å². The van der Waals surface area contributed by atoms with Gasteiger partial charge in [0.05, 0.1) is 6.42 Å². The molecule has 1 rings (SSSR count). The maximum absolute atomic E-state index is 10.6. The quantitative estimate of drug-likeness (QED) is 0.745. The van der Waals surface area contributed by atoms with Crippen molar-refractivity contribution in [1.82, 2.24) is 0 Å². The molecular formula is C9H10ClNO. The number of amides is 1. The van der Waals surface area contributed by atoms with E-state index in [0.717, 1.165) is 11.1 Å². The molecule has 1 amide bonds. The van der Waals surface area contributed by atoms with E-state index >= 15 is 0 Å². The highest BCUT2D eigenvalue weighted by Crippen LogP contribution is 2.16. The Balaban J connectivity index is 2.89. The molecule has 0 bridgehead atoms. The highest BCUT2D eigenvalue weighted by atomic mass is 35.5. The Morgan fingerprint density at radius 2 is 2.25 bits per heavy atom. The van der Waals surface area contributed by atoms with Gasteiger partial charge < -0.3 is 5.73 Å². The Morgan fingerprint density at radius 1 is 1.58 bits per heavy atom. The van der Waals surface area contributed by atoms with Gasteiger partial charge in [0.25, 0.3) is 0 Å². The molecule has 0 saturated carbocycles. The molecule has 0 radical (unpaired) electrons. The van der Waals surface area contributed by atoms with Crippen LogP contribution < -0.4 is 5.73 Å². The highest BCUT2D eigenvalue weighted by molar-refractivity contribution is 6.31. The fourth-order valence-electron chi connectivity index (χ4n) is 1.02. The van der Waals surface area contributed by atoms with E-state index in [1.54, 1.807) is 12.1 Å². The highest BCUT2D eigenvalue weighted by Gasteiger charge is 2.00. The van der Waals surface area contributed by atoms with Crippen molar-refractivity contribution in [1.29, 1.82) is 0 Å². The lowest BCUT2D eigenvalue weighted by Gasteiger charge is -2.00. The summed E-state index contributed by atoms with van der Waals surface area (Å²) in [4.78, 5) is 10.6. The molecule has 3 heteroatoms. The number of hydrogen-bond acceptors (Lipinski definition) is 1. The smallest absolute Gasteiger partial charge is 0.221 e. The Labute approximate surface area is 76.3 Å². The van der Waals surface area contributed by atoms with Crippen LogP contribution in [0.3, 0.4) is 0 Å². The largest absolute Gasteiger partial charge is 0.369 e. The van der Waals surface area contributed by atoms with E-state index < -0.39 is 0 Å². The minimum absolute atomic E-state index is 0.276. The van der Waals surface area contributed by atoms with Crippen molar-refractivity contribution < 1.29 is 4.79 Å². The number of benzene rings is 1. The molecular weight excluding hydrogens is 174 g/mol. The molecule has 0 unspecified atom stereocenters. The van der Waals surface area contributed by atoms with Crippen LogP contribution in [0, 0.1) is 6.92 Å². The van der Waals surface area contributed by atoms with Crippen molar-refractivity contribution in [3.05, 3.63) is 34.3 Å². The lowest BCUT2D eigenvalue weighted by molar-refractivity contribution is -0.117. The zero-order valence-electron chi connectivity index (χ0n) is 6.80. The number of carbonyl (C=O) groups is 1. The summed E-state index contributed by atoms with van der Waals surface area (Å²) in [6.07, 6.45) is 0.276. The van der Waals surface area contributed by atoms with Crippen LogP contribution >= 0.6 is 11.6 Å². The normalized spacial score (nSPS) is 9.83. The Bertz CT molecular complexity index is 309. The van der Waals surface area contributed by atoms with Gasteiger partial charge in [0.15, 0.2) is 0 Å². The molecule has 0 atom stereocenters. The fourth-order valence-corrected chi connectivity index (χ4v) is 1.14. The monoisotopic (exact) mass is 183 g/mol. The summed E-state index contributed by atoms with van der Waals surface area (Å²) < 4.78 is 0. The molecule has 1 aromatic carbocycles. The van der Waals surface area contributed by atoms with Crippen LogP contribution in [-0.4, -0.2) is 5.91 Å². The molecule has 0 saturated heterocycles. The Kier molecular flexibility index (Phi) is 2.71.